The van der Waals surface area contributed by atoms with Gasteiger partial charge in [-0.1, -0.05) is 18.9 Å². The highest BCUT2D eigenvalue weighted by molar-refractivity contribution is 7.85. The van der Waals surface area contributed by atoms with Crippen molar-refractivity contribution in [2.24, 2.45) is 0 Å². The number of halogens is 3. The maximum Gasteiger partial charge on any atom is 0.389 e. The highest BCUT2D eigenvalue weighted by Crippen LogP contribution is 2.22. The number of unbranched alkanes of at least 4 members (excludes halogenated alkanes) is 3. The number of alkyl halides is 3. The molecule has 0 saturated heterocycles. The zero-order valence-corrected chi connectivity index (χ0v) is 11.7. The van der Waals surface area contributed by atoms with E-state index in [1.807, 2.05) is 18.2 Å². The van der Waals surface area contributed by atoms with Crippen molar-refractivity contribution in [2.75, 3.05) is 5.75 Å². The average Bonchev–Trinajstić information content (AvgIpc) is 2.34. The molecule has 0 aliphatic carbocycles. The lowest BCUT2D eigenvalue weighted by molar-refractivity contribution is -0.135. The second-order valence-electron chi connectivity index (χ2n) is 4.09. The quantitative estimate of drug-likeness (QED) is 0.645. The van der Waals surface area contributed by atoms with Crippen molar-refractivity contribution >= 4 is 10.1 Å². The Labute approximate surface area is 116 Å². The molecule has 0 amide bonds. The average molecular weight is 313 g/mol. The molecule has 0 atom stereocenters. The van der Waals surface area contributed by atoms with Crippen molar-refractivity contribution in [1.29, 1.82) is 0 Å². The summed E-state index contributed by atoms with van der Waals surface area (Å²) in [5.74, 6) is -0.376. The molecule has 0 bridgehead atoms. The minimum absolute atomic E-state index is 0.00890. The van der Waals surface area contributed by atoms with Crippen molar-refractivity contribution in [1.82, 2.24) is 4.98 Å². The molecule has 1 rings (SSSR count). The van der Waals surface area contributed by atoms with Gasteiger partial charge in [0, 0.05) is 18.8 Å². The molecular formula is C12H18F3NO3S. The van der Waals surface area contributed by atoms with Crippen LogP contribution in [0.2, 0.25) is 0 Å². The lowest BCUT2D eigenvalue weighted by atomic mass is 10.1. The van der Waals surface area contributed by atoms with Crippen LogP contribution in [0.15, 0.2) is 30.6 Å². The molecule has 116 valence electrons. The van der Waals surface area contributed by atoms with Crippen LogP contribution in [-0.4, -0.2) is 29.9 Å². The van der Waals surface area contributed by atoms with E-state index >= 15 is 0 Å². The lowest BCUT2D eigenvalue weighted by Crippen LogP contribution is -2.07. The Kier molecular flexibility index (Phi) is 9.15. The van der Waals surface area contributed by atoms with Crippen molar-refractivity contribution in [2.45, 2.75) is 38.3 Å². The van der Waals surface area contributed by atoms with E-state index < -0.39 is 22.7 Å². The first-order chi connectivity index (χ1) is 9.21. The minimum Gasteiger partial charge on any atom is -0.286 e. The van der Waals surface area contributed by atoms with E-state index in [9.17, 15) is 21.6 Å². The number of aromatic nitrogens is 1. The fourth-order valence-corrected chi connectivity index (χ4v) is 1.84. The number of rotatable bonds is 6. The number of nitrogens with zero attached hydrogens (tertiary/aromatic N) is 1. The highest BCUT2D eigenvalue weighted by atomic mass is 32.2. The fourth-order valence-electron chi connectivity index (χ4n) is 1.28. The van der Waals surface area contributed by atoms with E-state index in [2.05, 4.69) is 4.98 Å². The molecule has 1 N–H and O–H groups in total. The van der Waals surface area contributed by atoms with Gasteiger partial charge in [-0.3, -0.25) is 9.54 Å². The van der Waals surface area contributed by atoms with E-state index in [0.717, 1.165) is 0 Å². The first-order valence-electron chi connectivity index (χ1n) is 6.07. The van der Waals surface area contributed by atoms with Crippen molar-refractivity contribution in [3.8, 4) is 0 Å². The van der Waals surface area contributed by atoms with E-state index in [-0.39, 0.29) is 18.6 Å². The standard InChI is InChI=1S/C7H13F3O3S.C5H5N/c8-7(9,10)5-3-1-2-4-6-14(11,12)13;1-2-4-6-5-3-1/h1-6H2,(H,11,12,13);1-5H. The zero-order valence-electron chi connectivity index (χ0n) is 10.9. The van der Waals surface area contributed by atoms with Crippen LogP contribution in [0, 0.1) is 0 Å². The molecule has 1 aromatic heterocycles. The normalized spacial score (nSPS) is 11.6. The number of hydrogen-bond acceptors (Lipinski definition) is 3. The Balaban J connectivity index is 0.000000493. The third kappa shape index (κ3) is 16.9. The molecule has 0 unspecified atom stereocenters. The minimum atomic E-state index is -4.14. The van der Waals surface area contributed by atoms with Gasteiger partial charge < -0.3 is 0 Å². The molecule has 0 spiro atoms. The predicted molar refractivity (Wildman–Crippen MR) is 69.8 cm³/mol. The van der Waals surface area contributed by atoms with Gasteiger partial charge in [0.1, 0.15) is 0 Å². The molecule has 1 aromatic rings. The monoisotopic (exact) mass is 313 g/mol. The van der Waals surface area contributed by atoms with Gasteiger partial charge in [0.15, 0.2) is 0 Å². The zero-order chi connectivity index (χ0) is 15.5. The van der Waals surface area contributed by atoms with Gasteiger partial charge in [-0.15, -0.1) is 0 Å². The first kappa shape index (κ1) is 18.9. The molecule has 0 aliphatic heterocycles. The van der Waals surface area contributed by atoms with Crippen LogP contribution < -0.4 is 0 Å². The van der Waals surface area contributed by atoms with Crippen LogP contribution in [0.1, 0.15) is 32.1 Å². The van der Waals surface area contributed by atoms with E-state index in [0.29, 0.717) is 12.8 Å². The van der Waals surface area contributed by atoms with Crippen molar-refractivity contribution in [3.05, 3.63) is 30.6 Å². The van der Waals surface area contributed by atoms with Crippen LogP contribution in [0.5, 0.6) is 0 Å². The third-order valence-corrected chi connectivity index (χ3v) is 2.98. The lowest BCUT2D eigenvalue weighted by Gasteiger charge is -2.04. The summed E-state index contributed by atoms with van der Waals surface area (Å²) < 4.78 is 63.5. The molecular weight excluding hydrogens is 295 g/mol. The Bertz CT molecular complexity index is 408. The molecule has 0 fully saturated rings. The van der Waals surface area contributed by atoms with Crippen LogP contribution >= 0.6 is 0 Å². The summed E-state index contributed by atoms with van der Waals surface area (Å²) in [5.41, 5.74) is 0. The van der Waals surface area contributed by atoms with Gasteiger partial charge in [0.05, 0.1) is 5.75 Å². The van der Waals surface area contributed by atoms with Crippen LogP contribution in [0.25, 0.3) is 0 Å². The summed E-state index contributed by atoms with van der Waals surface area (Å²) in [6, 6.07) is 5.72. The summed E-state index contributed by atoms with van der Waals surface area (Å²) in [6.45, 7) is 0. The molecule has 8 heteroatoms. The topological polar surface area (TPSA) is 67.3 Å². The molecule has 0 radical (unpaired) electrons. The molecule has 0 aromatic carbocycles. The van der Waals surface area contributed by atoms with E-state index in [1.165, 1.54) is 0 Å². The Morgan fingerprint density at radius 2 is 1.50 bits per heavy atom. The third-order valence-electron chi connectivity index (χ3n) is 2.18. The van der Waals surface area contributed by atoms with Gasteiger partial charge in [-0.2, -0.15) is 21.6 Å². The molecule has 0 saturated carbocycles. The Hall–Kier alpha value is -1.15. The van der Waals surface area contributed by atoms with Crippen molar-refractivity contribution in [3.63, 3.8) is 0 Å². The fraction of sp³-hybridized carbons (Fsp3) is 0.583. The molecule has 0 aliphatic rings. The van der Waals surface area contributed by atoms with Gasteiger partial charge in [0.25, 0.3) is 10.1 Å². The summed E-state index contributed by atoms with van der Waals surface area (Å²) >= 11 is 0. The SMILES string of the molecule is O=S(=O)(O)CCCCCCC(F)(F)F.c1ccncc1. The van der Waals surface area contributed by atoms with E-state index in [4.69, 9.17) is 4.55 Å². The van der Waals surface area contributed by atoms with Gasteiger partial charge >= 0.3 is 6.18 Å². The van der Waals surface area contributed by atoms with Gasteiger partial charge in [-0.05, 0) is 25.0 Å². The number of hydrogen-bond donors (Lipinski definition) is 1. The van der Waals surface area contributed by atoms with Crippen molar-refractivity contribution < 1.29 is 26.1 Å². The molecule has 4 nitrogen and oxygen atoms in total. The van der Waals surface area contributed by atoms with Crippen LogP contribution in [-0.2, 0) is 10.1 Å². The van der Waals surface area contributed by atoms with Gasteiger partial charge in [0.2, 0.25) is 0 Å². The maximum absolute atomic E-state index is 11.6. The molecule has 1 heterocycles. The second kappa shape index (κ2) is 9.71. The van der Waals surface area contributed by atoms with Gasteiger partial charge in [-0.25, -0.2) is 0 Å². The maximum atomic E-state index is 11.6. The summed E-state index contributed by atoms with van der Waals surface area (Å²) in [7, 11) is -3.96. The first-order valence-corrected chi connectivity index (χ1v) is 7.68. The predicted octanol–water partition coefficient (Wildman–Crippen LogP) is 3.47. The highest BCUT2D eigenvalue weighted by Gasteiger charge is 2.25. The van der Waals surface area contributed by atoms with E-state index in [1.54, 1.807) is 12.4 Å². The Morgan fingerprint density at radius 3 is 1.85 bits per heavy atom. The summed E-state index contributed by atoms with van der Waals surface area (Å²) in [4.78, 5) is 3.78. The van der Waals surface area contributed by atoms with Crippen LogP contribution in [0.4, 0.5) is 13.2 Å². The number of pyridine rings is 1. The Morgan fingerprint density at radius 1 is 0.950 bits per heavy atom. The smallest absolute Gasteiger partial charge is 0.286 e. The summed E-state index contributed by atoms with van der Waals surface area (Å²) in [5, 5.41) is 0. The largest absolute Gasteiger partial charge is 0.389 e. The van der Waals surface area contributed by atoms with Crippen LogP contribution in [0.3, 0.4) is 0 Å². The summed E-state index contributed by atoms with van der Waals surface area (Å²) in [6.07, 6.45) is -0.543. The molecule has 20 heavy (non-hydrogen) atoms. The second-order valence-corrected chi connectivity index (χ2v) is 5.66.